The zero-order valence-corrected chi connectivity index (χ0v) is 15.8. The highest BCUT2D eigenvalue weighted by molar-refractivity contribution is 5.54. The second-order valence-electron chi connectivity index (χ2n) is 7.09. The van der Waals surface area contributed by atoms with Crippen LogP contribution in [-0.4, -0.2) is 30.8 Å². The number of aromatic nitrogens is 5. The van der Waals surface area contributed by atoms with Crippen LogP contribution in [0.4, 0.5) is 17.6 Å². The highest BCUT2D eigenvalue weighted by Gasteiger charge is 2.17. The van der Waals surface area contributed by atoms with Crippen molar-refractivity contribution < 1.29 is 0 Å². The Bertz CT molecular complexity index is 898. The summed E-state index contributed by atoms with van der Waals surface area (Å²) in [7, 11) is 0. The summed E-state index contributed by atoms with van der Waals surface area (Å²) in [4.78, 5) is 13.8. The quantitative estimate of drug-likeness (QED) is 0.708. The van der Waals surface area contributed by atoms with Gasteiger partial charge in [-0.25, -0.2) is 4.68 Å². The zero-order chi connectivity index (χ0) is 18.6. The molecule has 2 heterocycles. The van der Waals surface area contributed by atoms with Crippen molar-refractivity contribution in [2.45, 2.75) is 52.0 Å². The number of hydrogen-bond acceptors (Lipinski definition) is 6. The van der Waals surface area contributed by atoms with Crippen molar-refractivity contribution in [2.24, 2.45) is 0 Å². The van der Waals surface area contributed by atoms with Crippen LogP contribution in [0.3, 0.4) is 0 Å². The summed E-state index contributed by atoms with van der Waals surface area (Å²) >= 11 is 0. The van der Waals surface area contributed by atoms with Crippen molar-refractivity contribution in [1.29, 1.82) is 0 Å². The number of rotatable bonds is 5. The van der Waals surface area contributed by atoms with Gasteiger partial charge in [0.15, 0.2) is 0 Å². The van der Waals surface area contributed by atoms with Crippen LogP contribution in [0.25, 0.3) is 5.95 Å². The monoisotopic (exact) mass is 363 g/mol. The number of hydrogen-bond donors (Lipinski definition) is 2. The van der Waals surface area contributed by atoms with Gasteiger partial charge >= 0.3 is 0 Å². The molecule has 1 aromatic carbocycles. The van der Waals surface area contributed by atoms with E-state index < -0.39 is 0 Å². The third-order valence-corrected chi connectivity index (χ3v) is 4.79. The summed E-state index contributed by atoms with van der Waals surface area (Å²) in [5, 5.41) is 11.3. The molecule has 1 fully saturated rings. The van der Waals surface area contributed by atoms with Crippen LogP contribution in [0.15, 0.2) is 36.4 Å². The third-order valence-electron chi connectivity index (χ3n) is 4.79. The van der Waals surface area contributed by atoms with Gasteiger partial charge < -0.3 is 10.6 Å². The Morgan fingerprint density at radius 2 is 1.67 bits per heavy atom. The molecule has 0 amide bonds. The summed E-state index contributed by atoms with van der Waals surface area (Å²) in [6.45, 7) is 3.97. The smallest absolute Gasteiger partial charge is 0.257 e. The molecule has 3 aromatic rings. The molecule has 7 heteroatoms. The Kier molecular flexibility index (Phi) is 5.00. The van der Waals surface area contributed by atoms with Gasteiger partial charge in [0.1, 0.15) is 0 Å². The van der Waals surface area contributed by atoms with Crippen LogP contribution >= 0.6 is 0 Å². The average molecular weight is 363 g/mol. The van der Waals surface area contributed by atoms with Gasteiger partial charge in [-0.05, 0) is 44.9 Å². The summed E-state index contributed by atoms with van der Waals surface area (Å²) in [6.07, 6.45) is 6.13. The van der Waals surface area contributed by atoms with Gasteiger partial charge in [0.2, 0.25) is 11.9 Å². The number of para-hydroxylation sites is 1. The van der Waals surface area contributed by atoms with Gasteiger partial charge in [0, 0.05) is 17.4 Å². The first-order valence-electron chi connectivity index (χ1n) is 9.56. The van der Waals surface area contributed by atoms with E-state index in [0.717, 1.165) is 29.9 Å². The number of nitrogens with one attached hydrogen (secondary N) is 2. The molecule has 0 aliphatic heterocycles. The van der Waals surface area contributed by atoms with E-state index >= 15 is 0 Å². The molecular weight excluding hydrogens is 338 g/mol. The SMILES string of the molecule is Cc1cc(C)n(-c2nc(Nc3ccccc3)nc(NC3CCCCC3)n2)n1. The topological polar surface area (TPSA) is 80.5 Å². The molecule has 1 aliphatic rings. The Hall–Kier alpha value is -2.96. The van der Waals surface area contributed by atoms with Gasteiger partial charge in [-0.2, -0.15) is 20.1 Å². The van der Waals surface area contributed by atoms with Crippen molar-refractivity contribution >= 4 is 17.6 Å². The van der Waals surface area contributed by atoms with Crippen molar-refractivity contribution in [3.8, 4) is 5.95 Å². The van der Waals surface area contributed by atoms with Gasteiger partial charge in [0.25, 0.3) is 5.95 Å². The maximum atomic E-state index is 4.64. The molecule has 2 aromatic heterocycles. The van der Waals surface area contributed by atoms with Crippen LogP contribution < -0.4 is 10.6 Å². The molecule has 140 valence electrons. The molecule has 7 nitrogen and oxygen atoms in total. The molecule has 0 unspecified atom stereocenters. The summed E-state index contributed by atoms with van der Waals surface area (Å²) in [5.74, 6) is 1.63. The summed E-state index contributed by atoms with van der Waals surface area (Å²) in [6, 6.07) is 12.3. The molecule has 1 aliphatic carbocycles. The van der Waals surface area contributed by atoms with E-state index in [-0.39, 0.29) is 0 Å². The second-order valence-corrected chi connectivity index (χ2v) is 7.09. The summed E-state index contributed by atoms with van der Waals surface area (Å²) in [5.41, 5.74) is 2.87. The Morgan fingerprint density at radius 3 is 2.37 bits per heavy atom. The summed E-state index contributed by atoms with van der Waals surface area (Å²) < 4.78 is 1.76. The van der Waals surface area contributed by atoms with Crippen molar-refractivity contribution in [1.82, 2.24) is 24.7 Å². The highest BCUT2D eigenvalue weighted by atomic mass is 15.4. The van der Waals surface area contributed by atoms with E-state index in [0.29, 0.717) is 23.9 Å². The lowest BCUT2D eigenvalue weighted by molar-refractivity contribution is 0.460. The first-order chi connectivity index (χ1) is 13.2. The lowest BCUT2D eigenvalue weighted by Gasteiger charge is -2.23. The van der Waals surface area contributed by atoms with E-state index in [4.69, 9.17) is 0 Å². The average Bonchev–Trinajstić information content (AvgIpc) is 3.01. The van der Waals surface area contributed by atoms with Crippen molar-refractivity contribution in [2.75, 3.05) is 10.6 Å². The molecule has 1 saturated carbocycles. The third kappa shape index (κ3) is 4.24. The normalized spacial score (nSPS) is 14.9. The second kappa shape index (κ2) is 7.73. The predicted molar refractivity (Wildman–Crippen MR) is 107 cm³/mol. The molecule has 0 radical (unpaired) electrons. The maximum Gasteiger partial charge on any atom is 0.257 e. The minimum absolute atomic E-state index is 0.416. The number of benzene rings is 1. The Morgan fingerprint density at radius 1 is 0.926 bits per heavy atom. The van der Waals surface area contributed by atoms with Crippen LogP contribution in [0.5, 0.6) is 0 Å². The Balaban J connectivity index is 1.67. The van der Waals surface area contributed by atoms with Crippen LogP contribution in [-0.2, 0) is 0 Å². The van der Waals surface area contributed by atoms with Crippen LogP contribution in [0, 0.1) is 13.8 Å². The molecule has 4 rings (SSSR count). The zero-order valence-electron chi connectivity index (χ0n) is 15.8. The number of aryl methyl sites for hydroxylation is 2. The fraction of sp³-hybridized carbons (Fsp3) is 0.400. The molecule has 27 heavy (non-hydrogen) atoms. The van der Waals surface area contributed by atoms with E-state index in [1.165, 1.54) is 19.3 Å². The van der Waals surface area contributed by atoms with E-state index in [2.05, 4.69) is 30.7 Å². The van der Waals surface area contributed by atoms with Crippen molar-refractivity contribution in [3.05, 3.63) is 47.8 Å². The number of nitrogens with zero attached hydrogens (tertiary/aromatic N) is 5. The van der Waals surface area contributed by atoms with E-state index in [1.54, 1.807) is 4.68 Å². The molecule has 0 atom stereocenters. The largest absolute Gasteiger partial charge is 0.351 e. The molecule has 0 saturated heterocycles. The van der Waals surface area contributed by atoms with Crippen LogP contribution in [0.2, 0.25) is 0 Å². The fourth-order valence-corrected chi connectivity index (χ4v) is 3.49. The molecule has 0 bridgehead atoms. The number of anilines is 3. The van der Waals surface area contributed by atoms with Crippen LogP contribution in [0.1, 0.15) is 43.5 Å². The van der Waals surface area contributed by atoms with Gasteiger partial charge in [-0.3, -0.25) is 0 Å². The van der Waals surface area contributed by atoms with Gasteiger partial charge in [-0.1, -0.05) is 37.5 Å². The highest BCUT2D eigenvalue weighted by Crippen LogP contribution is 2.22. The lowest BCUT2D eigenvalue weighted by atomic mass is 9.96. The minimum Gasteiger partial charge on any atom is -0.351 e. The predicted octanol–water partition coefficient (Wildman–Crippen LogP) is 4.16. The Labute approximate surface area is 159 Å². The molecule has 0 spiro atoms. The van der Waals surface area contributed by atoms with Gasteiger partial charge in [-0.15, -0.1) is 0 Å². The fourth-order valence-electron chi connectivity index (χ4n) is 3.49. The van der Waals surface area contributed by atoms with Gasteiger partial charge in [0.05, 0.1) is 5.69 Å². The van der Waals surface area contributed by atoms with Crippen molar-refractivity contribution in [3.63, 3.8) is 0 Å². The molecular formula is C20H25N7. The van der Waals surface area contributed by atoms with E-state index in [9.17, 15) is 0 Å². The van der Waals surface area contributed by atoms with E-state index in [1.807, 2.05) is 50.2 Å². The molecule has 2 N–H and O–H groups in total. The lowest BCUT2D eigenvalue weighted by Crippen LogP contribution is -2.24. The minimum atomic E-state index is 0.416. The first kappa shape index (κ1) is 17.5. The maximum absolute atomic E-state index is 4.64. The first-order valence-corrected chi connectivity index (χ1v) is 9.56. The standard InChI is InChI=1S/C20H25N7/c1-14-13-15(2)27(26-14)20-24-18(21-16-9-5-3-6-10-16)23-19(25-20)22-17-11-7-4-8-12-17/h3,5-6,9-10,13,17H,4,7-8,11-12H2,1-2H3,(H2,21,22,23,24,25).